The van der Waals surface area contributed by atoms with Crippen molar-refractivity contribution in [1.29, 1.82) is 0 Å². The summed E-state index contributed by atoms with van der Waals surface area (Å²) in [6.45, 7) is 4.21. The Kier molecular flexibility index (Phi) is 6.46. The number of hydrogen-bond donors (Lipinski definition) is 3. The lowest BCUT2D eigenvalue weighted by molar-refractivity contribution is -0.119. The van der Waals surface area contributed by atoms with Crippen LogP contribution in [0.2, 0.25) is 0 Å². The van der Waals surface area contributed by atoms with Crippen LogP contribution < -0.4 is 20.9 Å². The number of likely N-dealkylation sites (tertiary alicyclic amines) is 1. The number of hydrazine groups is 1. The van der Waals surface area contributed by atoms with Gasteiger partial charge in [0.05, 0.1) is 10.7 Å². The van der Waals surface area contributed by atoms with Gasteiger partial charge in [-0.2, -0.15) is 0 Å². The maximum Gasteiger partial charge on any atom is 0.243 e. The summed E-state index contributed by atoms with van der Waals surface area (Å²) in [5.41, 5.74) is 8.61. The number of nitrogens with zero attached hydrogens (tertiary/aromatic N) is 2. The first kappa shape index (κ1) is 21.8. The molecule has 1 saturated carbocycles. The lowest BCUT2D eigenvalue weighted by Gasteiger charge is -2.32. The first-order valence-corrected chi connectivity index (χ1v) is 12.6. The van der Waals surface area contributed by atoms with E-state index < -0.39 is 0 Å². The van der Waals surface area contributed by atoms with Gasteiger partial charge in [-0.3, -0.25) is 10.2 Å². The SMILES string of the molecule is Cc1nc(C2CCC3NNC(C(=O)Nc4ccc(OC5CCN(C)CC5)cc4)C3C2)cs1. The summed E-state index contributed by atoms with van der Waals surface area (Å²) >= 11 is 1.71. The van der Waals surface area contributed by atoms with E-state index in [0.29, 0.717) is 12.0 Å². The van der Waals surface area contributed by atoms with E-state index in [0.717, 1.165) is 61.6 Å². The minimum absolute atomic E-state index is 0.0177. The molecule has 172 valence electrons. The van der Waals surface area contributed by atoms with Crippen molar-refractivity contribution < 1.29 is 9.53 Å². The van der Waals surface area contributed by atoms with Crippen LogP contribution in [0.25, 0.3) is 0 Å². The van der Waals surface area contributed by atoms with Crippen molar-refractivity contribution in [3.05, 3.63) is 40.3 Å². The summed E-state index contributed by atoms with van der Waals surface area (Å²) in [7, 11) is 2.15. The summed E-state index contributed by atoms with van der Waals surface area (Å²) in [4.78, 5) is 20.1. The second-order valence-electron chi connectivity index (χ2n) is 9.47. The molecule has 8 heteroatoms. The van der Waals surface area contributed by atoms with E-state index in [1.165, 1.54) is 5.69 Å². The van der Waals surface area contributed by atoms with Crippen LogP contribution in [0, 0.1) is 12.8 Å². The number of amides is 1. The molecule has 3 aliphatic rings. The molecule has 1 aromatic heterocycles. The van der Waals surface area contributed by atoms with Crippen molar-refractivity contribution in [2.75, 3.05) is 25.5 Å². The molecule has 32 heavy (non-hydrogen) atoms. The highest BCUT2D eigenvalue weighted by Gasteiger charge is 2.44. The Labute approximate surface area is 193 Å². The molecule has 2 aliphatic heterocycles. The molecular weight excluding hydrogens is 422 g/mol. The third-order valence-electron chi connectivity index (χ3n) is 7.18. The normalized spacial score (nSPS) is 28.9. The summed E-state index contributed by atoms with van der Waals surface area (Å²) in [5, 5.41) is 6.39. The van der Waals surface area contributed by atoms with Crippen LogP contribution in [0.15, 0.2) is 29.6 Å². The second-order valence-corrected chi connectivity index (χ2v) is 10.5. The highest BCUT2D eigenvalue weighted by atomic mass is 32.1. The summed E-state index contributed by atoms with van der Waals surface area (Å²) < 4.78 is 6.12. The molecule has 4 unspecified atom stereocenters. The number of carbonyl (C=O) groups is 1. The molecule has 3 fully saturated rings. The van der Waals surface area contributed by atoms with Crippen LogP contribution in [0.5, 0.6) is 5.75 Å². The van der Waals surface area contributed by atoms with Gasteiger partial charge in [0.15, 0.2) is 0 Å². The largest absolute Gasteiger partial charge is 0.490 e. The van der Waals surface area contributed by atoms with E-state index in [-0.39, 0.29) is 24.0 Å². The highest BCUT2D eigenvalue weighted by Crippen LogP contribution is 2.40. The highest BCUT2D eigenvalue weighted by molar-refractivity contribution is 7.09. The smallest absolute Gasteiger partial charge is 0.243 e. The zero-order valence-electron chi connectivity index (χ0n) is 18.8. The van der Waals surface area contributed by atoms with Crippen molar-refractivity contribution >= 4 is 22.9 Å². The third-order valence-corrected chi connectivity index (χ3v) is 7.97. The Bertz CT molecular complexity index is 925. The molecule has 2 aromatic rings. The topological polar surface area (TPSA) is 78.5 Å². The molecule has 4 atom stereocenters. The first-order chi connectivity index (χ1) is 15.5. The summed E-state index contributed by atoms with van der Waals surface area (Å²) in [5.74, 6) is 1.59. The fraction of sp³-hybridized carbons (Fsp3) is 0.583. The number of benzene rings is 1. The molecule has 2 saturated heterocycles. The zero-order chi connectivity index (χ0) is 22.1. The number of hydrogen-bond acceptors (Lipinski definition) is 7. The second kappa shape index (κ2) is 9.47. The average molecular weight is 456 g/mol. The number of thiazole rings is 1. The van der Waals surface area contributed by atoms with Gasteiger partial charge in [0.25, 0.3) is 0 Å². The predicted octanol–water partition coefficient (Wildman–Crippen LogP) is 3.29. The molecule has 3 N–H and O–H groups in total. The van der Waals surface area contributed by atoms with Crippen LogP contribution in [0.1, 0.15) is 48.7 Å². The minimum Gasteiger partial charge on any atom is -0.490 e. The molecule has 1 amide bonds. The molecular formula is C24H33N5O2S. The van der Waals surface area contributed by atoms with Gasteiger partial charge in [-0.05, 0) is 70.3 Å². The fourth-order valence-corrected chi connectivity index (χ4v) is 5.98. The number of nitrogens with one attached hydrogen (secondary N) is 3. The van der Waals surface area contributed by atoms with Crippen LogP contribution in [-0.2, 0) is 4.79 Å². The van der Waals surface area contributed by atoms with Crippen molar-refractivity contribution in [2.24, 2.45) is 5.92 Å². The van der Waals surface area contributed by atoms with Gasteiger partial charge in [0.2, 0.25) is 5.91 Å². The Morgan fingerprint density at radius 2 is 1.94 bits per heavy atom. The van der Waals surface area contributed by atoms with Crippen molar-refractivity contribution in [3.8, 4) is 5.75 Å². The summed E-state index contributed by atoms with van der Waals surface area (Å²) in [6, 6.07) is 7.88. The molecule has 0 bridgehead atoms. The number of aromatic nitrogens is 1. The quantitative estimate of drug-likeness (QED) is 0.642. The molecule has 7 nitrogen and oxygen atoms in total. The Hall–Kier alpha value is -2.00. The van der Waals surface area contributed by atoms with Crippen molar-refractivity contribution in [1.82, 2.24) is 20.7 Å². The maximum atomic E-state index is 13.1. The first-order valence-electron chi connectivity index (χ1n) is 11.7. The molecule has 0 spiro atoms. The van der Waals surface area contributed by atoms with Crippen LogP contribution in [-0.4, -0.2) is 54.1 Å². The number of aryl methyl sites for hydroxylation is 1. The number of piperidine rings is 1. The van der Waals surface area contributed by atoms with E-state index in [1.807, 2.05) is 24.3 Å². The molecule has 1 aliphatic carbocycles. The van der Waals surface area contributed by atoms with Gasteiger partial charge in [-0.1, -0.05) is 0 Å². The number of rotatable bonds is 5. The third kappa shape index (κ3) is 4.83. The van der Waals surface area contributed by atoms with E-state index >= 15 is 0 Å². The van der Waals surface area contributed by atoms with Gasteiger partial charge in [0.1, 0.15) is 17.9 Å². The Morgan fingerprint density at radius 1 is 1.16 bits per heavy atom. The number of fused-ring (bicyclic) bond motifs is 1. The standard InChI is InChI=1S/C24H33N5O2S/c1-15-25-22(14-32-15)16-3-8-21-20(13-16)23(28-27-21)24(30)26-17-4-6-18(7-5-17)31-19-9-11-29(2)12-10-19/h4-7,14,16,19-21,23,27-28H,3,8-13H2,1-2H3,(H,26,30). The van der Waals surface area contributed by atoms with E-state index in [4.69, 9.17) is 9.72 Å². The number of ether oxygens (including phenoxy) is 1. The average Bonchev–Trinajstić information content (AvgIpc) is 3.42. The number of carbonyl (C=O) groups excluding carboxylic acids is 1. The van der Waals surface area contributed by atoms with Gasteiger partial charge < -0.3 is 15.0 Å². The van der Waals surface area contributed by atoms with Crippen molar-refractivity contribution in [2.45, 2.75) is 63.1 Å². The Balaban J connectivity index is 1.17. The van der Waals surface area contributed by atoms with E-state index in [2.05, 4.69) is 40.4 Å². The van der Waals surface area contributed by atoms with Crippen LogP contribution in [0.3, 0.4) is 0 Å². The molecule has 0 radical (unpaired) electrons. The van der Waals surface area contributed by atoms with E-state index in [9.17, 15) is 4.79 Å². The van der Waals surface area contributed by atoms with Gasteiger partial charge in [-0.25, -0.2) is 10.4 Å². The molecule has 5 rings (SSSR count). The van der Waals surface area contributed by atoms with Gasteiger partial charge >= 0.3 is 0 Å². The zero-order valence-corrected chi connectivity index (χ0v) is 19.7. The molecule has 3 heterocycles. The van der Waals surface area contributed by atoms with E-state index in [1.54, 1.807) is 11.3 Å². The minimum atomic E-state index is -0.238. The molecule has 1 aromatic carbocycles. The fourth-order valence-electron chi connectivity index (χ4n) is 5.29. The van der Waals surface area contributed by atoms with Crippen LogP contribution in [0.4, 0.5) is 5.69 Å². The number of anilines is 1. The Morgan fingerprint density at radius 3 is 2.66 bits per heavy atom. The van der Waals surface area contributed by atoms with Crippen molar-refractivity contribution in [3.63, 3.8) is 0 Å². The maximum absolute atomic E-state index is 13.1. The van der Waals surface area contributed by atoms with Gasteiger partial charge in [0, 0.05) is 42.0 Å². The summed E-state index contributed by atoms with van der Waals surface area (Å²) in [6.07, 6.45) is 5.55. The lowest BCUT2D eigenvalue weighted by atomic mass is 9.75. The van der Waals surface area contributed by atoms with Gasteiger partial charge in [-0.15, -0.1) is 11.3 Å². The monoisotopic (exact) mass is 455 g/mol. The predicted molar refractivity (Wildman–Crippen MR) is 127 cm³/mol. The lowest BCUT2D eigenvalue weighted by Crippen LogP contribution is -2.42. The van der Waals surface area contributed by atoms with Crippen LogP contribution >= 0.6 is 11.3 Å².